The molecular formula is C17H24N4O4. The second-order valence-corrected chi connectivity index (χ2v) is 6.87. The van der Waals surface area contributed by atoms with Gasteiger partial charge in [0.05, 0.1) is 5.92 Å². The number of anilines is 1. The van der Waals surface area contributed by atoms with E-state index in [-0.39, 0.29) is 36.7 Å². The van der Waals surface area contributed by atoms with Crippen LogP contribution >= 0.6 is 0 Å². The van der Waals surface area contributed by atoms with Crippen molar-refractivity contribution in [2.45, 2.75) is 57.5 Å². The first-order valence-electron chi connectivity index (χ1n) is 8.88. The van der Waals surface area contributed by atoms with Gasteiger partial charge in [-0.05, 0) is 12.8 Å². The summed E-state index contributed by atoms with van der Waals surface area (Å²) in [6.07, 6.45) is 8.53. The summed E-state index contributed by atoms with van der Waals surface area (Å²) in [5, 5.41) is 15.4. The second kappa shape index (κ2) is 7.67. The van der Waals surface area contributed by atoms with Gasteiger partial charge in [0, 0.05) is 31.3 Å². The molecular weight excluding hydrogens is 324 g/mol. The second-order valence-electron chi connectivity index (χ2n) is 6.87. The summed E-state index contributed by atoms with van der Waals surface area (Å²) in [6, 6.07) is 1.82. The highest BCUT2D eigenvalue weighted by atomic mass is 16.4. The summed E-state index contributed by atoms with van der Waals surface area (Å²) >= 11 is 0. The number of aliphatic carboxylic acids is 1. The molecule has 1 atom stereocenters. The van der Waals surface area contributed by atoms with E-state index >= 15 is 0 Å². The van der Waals surface area contributed by atoms with Gasteiger partial charge in [-0.15, -0.1) is 0 Å². The van der Waals surface area contributed by atoms with Gasteiger partial charge in [0.2, 0.25) is 11.8 Å². The minimum absolute atomic E-state index is 0.0588. The molecule has 1 aliphatic heterocycles. The lowest BCUT2D eigenvalue weighted by molar-refractivity contribution is -0.138. The third kappa shape index (κ3) is 4.37. The quantitative estimate of drug-likeness (QED) is 0.784. The Balaban J connectivity index is 1.56. The normalized spacial score (nSPS) is 22.0. The van der Waals surface area contributed by atoms with Gasteiger partial charge in [-0.2, -0.15) is 5.10 Å². The molecule has 2 aliphatic rings. The molecule has 25 heavy (non-hydrogen) atoms. The van der Waals surface area contributed by atoms with E-state index in [1.807, 2.05) is 4.90 Å². The molecule has 1 aromatic rings. The first kappa shape index (κ1) is 17.4. The zero-order chi connectivity index (χ0) is 17.8. The third-order valence-electron chi connectivity index (χ3n) is 4.98. The van der Waals surface area contributed by atoms with Crippen molar-refractivity contribution in [1.29, 1.82) is 0 Å². The maximum atomic E-state index is 12.4. The lowest BCUT2D eigenvalue weighted by Crippen LogP contribution is -2.37. The number of hydrogen-bond acceptors (Lipinski definition) is 4. The monoisotopic (exact) mass is 348 g/mol. The number of carboxylic acid groups (broad SMARTS) is 1. The summed E-state index contributed by atoms with van der Waals surface area (Å²) in [5.74, 6) is -1.23. The maximum absolute atomic E-state index is 12.4. The SMILES string of the molecule is O=C(O)Cn1ccc(NC(=O)[C@@H]2CC(=O)N(C3CCCCCC3)C2)n1. The molecule has 136 valence electrons. The number of carboxylic acids is 1. The van der Waals surface area contributed by atoms with Crippen LogP contribution in [0, 0.1) is 5.92 Å². The summed E-state index contributed by atoms with van der Waals surface area (Å²) in [5.41, 5.74) is 0. The zero-order valence-corrected chi connectivity index (χ0v) is 14.2. The molecule has 0 bridgehead atoms. The molecule has 0 spiro atoms. The number of carbonyl (C=O) groups is 3. The number of rotatable bonds is 5. The minimum atomic E-state index is -0.999. The van der Waals surface area contributed by atoms with Gasteiger partial charge < -0.3 is 15.3 Å². The topological polar surface area (TPSA) is 105 Å². The molecule has 2 fully saturated rings. The van der Waals surface area contributed by atoms with E-state index in [1.54, 1.807) is 6.07 Å². The van der Waals surface area contributed by atoms with Crippen LogP contribution in [0.15, 0.2) is 12.3 Å². The van der Waals surface area contributed by atoms with E-state index < -0.39 is 5.97 Å². The lowest BCUT2D eigenvalue weighted by atomic mass is 10.1. The summed E-state index contributed by atoms with van der Waals surface area (Å²) in [4.78, 5) is 37.3. The van der Waals surface area contributed by atoms with E-state index in [0.29, 0.717) is 12.4 Å². The van der Waals surface area contributed by atoms with E-state index in [0.717, 1.165) is 25.7 Å². The number of carbonyl (C=O) groups excluding carboxylic acids is 2. The van der Waals surface area contributed by atoms with Crippen molar-refractivity contribution in [3.8, 4) is 0 Å². The van der Waals surface area contributed by atoms with Crippen molar-refractivity contribution in [3.63, 3.8) is 0 Å². The molecule has 0 radical (unpaired) electrons. The molecule has 0 unspecified atom stereocenters. The van der Waals surface area contributed by atoms with Crippen LogP contribution in [0.5, 0.6) is 0 Å². The van der Waals surface area contributed by atoms with Crippen LogP contribution in [-0.2, 0) is 20.9 Å². The Morgan fingerprint density at radius 3 is 2.64 bits per heavy atom. The van der Waals surface area contributed by atoms with Gasteiger partial charge in [-0.1, -0.05) is 25.7 Å². The van der Waals surface area contributed by atoms with Crippen molar-refractivity contribution in [1.82, 2.24) is 14.7 Å². The zero-order valence-electron chi connectivity index (χ0n) is 14.2. The molecule has 0 aromatic carbocycles. The van der Waals surface area contributed by atoms with E-state index in [4.69, 9.17) is 5.11 Å². The van der Waals surface area contributed by atoms with E-state index in [9.17, 15) is 14.4 Å². The average Bonchev–Trinajstić information content (AvgIpc) is 3.04. The van der Waals surface area contributed by atoms with Crippen molar-refractivity contribution in [2.24, 2.45) is 5.92 Å². The van der Waals surface area contributed by atoms with Gasteiger partial charge in [-0.3, -0.25) is 19.1 Å². The summed E-state index contributed by atoms with van der Waals surface area (Å²) in [7, 11) is 0. The molecule has 2 N–H and O–H groups in total. The van der Waals surface area contributed by atoms with Gasteiger partial charge in [0.1, 0.15) is 6.54 Å². The largest absolute Gasteiger partial charge is 0.480 e. The van der Waals surface area contributed by atoms with Crippen LogP contribution in [-0.4, -0.2) is 50.2 Å². The van der Waals surface area contributed by atoms with Gasteiger partial charge >= 0.3 is 5.97 Å². The molecule has 2 heterocycles. The first-order chi connectivity index (χ1) is 12.0. The maximum Gasteiger partial charge on any atom is 0.325 e. The van der Waals surface area contributed by atoms with Crippen LogP contribution in [0.3, 0.4) is 0 Å². The minimum Gasteiger partial charge on any atom is -0.480 e. The van der Waals surface area contributed by atoms with Crippen molar-refractivity contribution in [3.05, 3.63) is 12.3 Å². The molecule has 8 nitrogen and oxygen atoms in total. The van der Waals surface area contributed by atoms with Crippen molar-refractivity contribution < 1.29 is 19.5 Å². The molecule has 1 saturated carbocycles. The molecule has 2 amide bonds. The van der Waals surface area contributed by atoms with Crippen LogP contribution in [0.1, 0.15) is 44.9 Å². The fourth-order valence-corrected chi connectivity index (χ4v) is 3.71. The average molecular weight is 348 g/mol. The van der Waals surface area contributed by atoms with Gasteiger partial charge in [0.25, 0.3) is 0 Å². The van der Waals surface area contributed by atoms with Crippen LogP contribution in [0.25, 0.3) is 0 Å². The Labute approximate surface area is 146 Å². The highest BCUT2D eigenvalue weighted by Gasteiger charge is 2.38. The number of likely N-dealkylation sites (tertiary alicyclic amines) is 1. The van der Waals surface area contributed by atoms with E-state index in [1.165, 1.54) is 23.7 Å². The molecule has 1 aliphatic carbocycles. The Hall–Kier alpha value is -2.38. The van der Waals surface area contributed by atoms with Crippen molar-refractivity contribution in [2.75, 3.05) is 11.9 Å². The van der Waals surface area contributed by atoms with Crippen LogP contribution < -0.4 is 5.32 Å². The Morgan fingerprint density at radius 1 is 1.24 bits per heavy atom. The molecule has 1 aromatic heterocycles. The molecule has 8 heteroatoms. The summed E-state index contributed by atoms with van der Waals surface area (Å²) in [6.45, 7) is 0.207. The standard InChI is InChI=1S/C17H24N4O4/c22-15-9-12(10-21(15)13-5-3-1-2-4-6-13)17(25)18-14-7-8-20(19-14)11-16(23)24/h7-8,12-13H,1-6,9-11H2,(H,23,24)(H,18,19,25)/t12-/m1/s1. The van der Waals surface area contributed by atoms with Crippen molar-refractivity contribution >= 4 is 23.6 Å². The van der Waals surface area contributed by atoms with Crippen LogP contribution in [0.2, 0.25) is 0 Å². The number of nitrogens with zero attached hydrogens (tertiary/aromatic N) is 3. The fraction of sp³-hybridized carbons (Fsp3) is 0.647. The highest BCUT2D eigenvalue weighted by molar-refractivity contribution is 5.96. The Morgan fingerprint density at radius 2 is 1.96 bits per heavy atom. The lowest BCUT2D eigenvalue weighted by Gasteiger charge is -2.27. The number of aromatic nitrogens is 2. The number of hydrogen-bond donors (Lipinski definition) is 2. The predicted molar refractivity (Wildman–Crippen MR) is 89.8 cm³/mol. The van der Waals surface area contributed by atoms with Gasteiger partial charge in [-0.25, -0.2) is 0 Å². The smallest absolute Gasteiger partial charge is 0.325 e. The first-order valence-corrected chi connectivity index (χ1v) is 8.88. The van der Waals surface area contributed by atoms with Crippen LogP contribution in [0.4, 0.5) is 5.82 Å². The van der Waals surface area contributed by atoms with Gasteiger partial charge in [0.15, 0.2) is 5.82 Å². The summed E-state index contributed by atoms with van der Waals surface area (Å²) < 4.78 is 1.25. The molecule has 3 rings (SSSR count). The Kier molecular flexibility index (Phi) is 5.35. The number of amides is 2. The van der Waals surface area contributed by atoms with E-state index in [2.05, 4.69) is 10.4 Å². The molecule has 1 saturated heterocycles. The number of nitrogens with one attached hydrogen (secondary N) is 1. The third-order valence-corrected chi connectivity index (χ3v) is 4.98. The fourth-order valence-electron chi connectivity index (χ4n) is 3.71. The predicted octanol–water partition coefficient (Wildman–Crippen LogP) is 1.48. The Bertz CT molecular complexity index is 649. The highest BCUT2D eigenvalue weighted by Crippen LogP contribution is 2.28.